The van der Waals surface area contributed by atoms with Crippen LogP contribution < -0.4 is 16.0 Å². The van der Waals surface area contributed by atoms with E-state index in [1.165, 1.54) is 5.56 Å². The first kappa shape index (κ1) is 13.1. The molecule has 1 aromatic heterocycles. The quantitative estimate of drug-likeness (QED) is 0.621. The van der Waals surface area contributed by atoms with Crippen molar-refractivity contribution < 1.29 is 4.74 Å². The van der Waals surface area contributed by atoms with Gasteiger partial charge in [-0.2, -0.15) is 11.3 Å². The SMILES string of the molecule is CCOc1cccc(C(Cc2ccsc2)NN)c1. The largest absolute Gasteiger partial charge is 0.494 e. The highest BCUT2D eigenvalue weighted by molar-refractivity contribution is 7.07. The van der Waals surface area contributed by atoms with E-state index in [0.29, 0.717) is 6.61 Å². The van der Waals surface area contributed by atoms with Gasteiger partial charge in [-0.3, -0.25) is 11.3 Å². The van der Waals surface area contributed by atoms with Gasteiger partial charge >= 0.3 is 0 Å². The molecule has 96 valence electrons. The molecule has 1 aromatic carbocycles. The molecule has 1 unspecified atom stereocenters. The van der Waals surface area contributed by atoms with Gasteiger partial charge in [0.25, 0.3) is 0 Å². The number of nitrogens with two attached hydrogens (primary N) is 1. The molecule has 0 aliphatic heterocycles. The maximum Gasteiger partial charge on any atom is 0.119 e. The van der Waals surface area contributed by atoms with Gasteiger partial charge in [0.05, 0.1) is 12.6 Å². The number of hydrogen-bond donors (Lipinski definition) is 2. The van der Waals surface area contributed by atoms with Crippen molar-refractivity contribution in [2.24, 2.45) is 5.84 Å². The Kier molecular flexibility index (Phi) is 4.75. The van der Waals surface area contributed by atoms with Crippen LogP contribution in [0.25, 0.3) is 0 Å². The summed E-state index contributed by atoms with van der Waals surface area (Å²) in [4.78, 5) is 0. The Hall–Kier alpha value is -1.36. The van der Waals surface area contributed by atoms with Crippen molar-refractivity contribution in [3.05, 3.63) is 52.2 Å². The maximum atomic E-state index is 5.66. The van der Waals surface area contributed by atoms with Crippen LogP contribution in [0.3, 0.4) is 0 Å². The number of hydrazine groups is 1. The van der Waals surface area contributed by atoms with Gasteiger partial charge < -0.3 is 4.74 Å². The highest BCUT2D eigenvalue weighted by atomic mass is 32.1. The summed E-state index contributed by atoms with van der Waals surface area (Å²) in [6.45, 7) is 2.66. The minimum absolute atomic E-state index is 0.111. The Morgan fingerprint density at radius 3 is 2.94 bits per heavy atom. The van der Waals surface area contributed by atoms with Crippen LogP contribution >= 0.6 is 11.3 Å². The molecule has 0 spiro atoms. The van der Waals surface area contributed by atoms with Crippen molar-refractivity contribution in [2.75, 3.05) is 6.61 Å². The molecule has 18 heavy (non-hydrogen) atoms. The van der Waals surface area contributed by atoms with E-state index in [-0.39, 0.29) is 6.04 Å². The molecule has 0 saturated heterocycles. The van der Waals surface area contributed by atoms with Crippen LogP contribution in [0.1, 0.15) is 24.1 Å². The molecule has 0 aliphatic rings. The topological polar surface area (TPSA) is 47.3 Å². The van der Waals surface area contributed by atoms with Gasteiger partial charge in [-0.1, -0.05) is 12.1 Å². The lowest BCUT2D eigenvalue weighted by molar-refractivity contribution is 0.339. The van der Waals surface area contributed by atoms with E-state index in [9.17, 15) is 0 Å². The molecule has 3 nitrogen and oxygen atoms in total. The van der Waals surface area contributed by atoms with Crippen LogP contribution in [0.4, 0.5) is 0 Å². The van der Waals surface area contributed by atoms with Crippen LogP contribution in [-0.2, 0) is 6.42 Å². The van der Waals surface area contributed by atoms with Gasteiger partial charge in [-0.15, -0.1) is 0 Å². The molecule has 0 saturated carbocycles. The first-order valence-corrected chi connectivity index (χ1v) is 6.97. The lowest BCUT2D eigenvalue weighted by Crippen LogP contribution is -2.29. The smallest absolute Gasteiger partial charge is 0.119 e. The fourth-order valence-electron chi connectivity index (χ4n) is 1.91. The van der Waals surface area contributed by atoms with Gasteiger partial charge in [-0.05, 0) is 53.4 Å². The molecule has 1 atom stereocenters. The van der Waals surface area contributed by atoms with Crippen molar-refractivity contribution in [1.29, 1.82) is 0 Å². The van der Waals surface area contributed by atoms with E-state index in [1.54, 1.807) is 11.3 Å². The van der Waals surface area contributed by atoms with E-state index in [4.69, 9.17) is 10.6 Å². The molecule has 3 N–H and O–H groups in total. The normalized spacial score (nSPS) is 12.3. The predicted octanol–water partition coefficient (Wildman–Crippen LogP) is 2.89. The zero-order chi connectivity index (χ0) is 12.8. The number of hydrogen-bond acceptors (Lipinski definition) is 4. The van der Waals surface area contributed by atoms with Crippen molar-refractivity contribution >= 4 is 11.3 Å². The van der Waals surface area contributed by atoms with E-state index >= 15 is 0 Å². The van der Waals surface area contributed by atoms with E-state index < -0.39 is 0 Å². The first-order valence-electron chi connectivity index (χ1n) is 6.03. The molecule has 1 heterocycles. The molecular weight excluding hydrogens is 244 g/mol. The Morgan fingerprint density at radius 1 is 1.39 bits per heavy atom. The average Bonchev–Trinajstić information content (AvgIpc) is 2.89. The number of nitrogens with one attached hydrogen (secondary N) is 1. The third kappa shape index (κ3) is 3.32. The summed E-state index contributed by atoms with van der Waals surface area (Å²) < 4.78 is 5.51. The molecular formula is C14H18N2OS. The maximum absolute atomic E-state index is 5.66. The highest BCUT2D eigenvalue weighted by Gasteiger charge is 2.11. The van der Waals surface area contributed by atoms with Gasteiger partial charge in [0, 0.05) is 0 Å². The summed E-state index contributed by atoms with van der Waals surface area (Å²) >= 11 is 1.71. The molecule has 0 amide bonds. The summed E-state index contributed by atoms with van der Waals surface area (Å²) in [5.41, 5.74) is 5.32. The summed E-state index contributed by atoms with van der Waals surface area (Å²) in [7, 11) is 0. The van der Waals surface area contributed by atoms with Gasteiger partial charge in [0.15, 0.2) is 0 Å². The van der Waals surface area contributed by atoms with E-state index in [1.807, 2.05) is 25.1 Å². The second-order valence-electron chi connectivity index (χ2n) is 4.06. The van der Waals surface area contributed by atoms with Crippen LogP contribution in [0, 0.1) is 0 Å². The summed E-state index contributed by atoms with van der Waals surface area (Å²) in [6.07, 6.45) is 0.885. The summed E-state index contributed by atoms with van der Waals surface area (Å²) in [6, 6.07) is 10.3. The predicted molar refractivity (Wildman–Crippen MR) is 75.7 cm³/mol. The van der Waals surface area contributed by atoms with Gasteiger partial charge in [0.2, 0.25) is 0 Å². The first-order chi connectivity index (χ1) is 8.83. The number of rotatable bonds is 6. The van der Waals surface area contributed by atoms with Crippen LogP contribution in [-0.4, -0.2) is 6.61 Å². The number of ether oxygens (including phenoxy) is 1. The molecule has 0 radical (unpaired) electrons. The van der Waals surface area contributed by atoms with Crippen molar-refractivity contribution in [3.8, 4) is 5.75 Å². The Bertz CT molecular complexity index is 470. The van der Waals surface area contributed by atoms with Crippen molar-refractivity contribution in [2.45, 2.75) is 19.4 Å². The van der Waals surface area contributed by atoms with Gasteiger partial charge in [-0.25, -0.2) is 0 Å². The zero-order valence-electron chi connectivity index (χ0n) is 10.4. The second-order valence-corrected chi connectivity index (χ2v) is 4.84. The lowest BCUT2D eigenvalue weighted by atomic mass is 10.0. The molecule has 4 heteroatoms. The highest BCUT2D eigenvalue weighted by Crippen LogP contribution is 2.23. The number of thiophene rings is 1. The third-order valence-corrected chi connectivity index (χ3v) is 3.52. The minimum atomic E-state index is 0.111. The minimum Gasteiger partial charge on any atom is -0.494 e. The van der Waals surface area contributed by atoms with Crippen molar-refractivity contribution in [3.63, 3.8) is 0 Å². The molecule has 2 aromatic rings. The standard InChI is InChI=1S/C14H18N2OS/c1-2-17-13-5-3-4-12(9-13)14(16-15)8-11-6-7-18-10-11/h3-7,9-10,14,16H,2,8,15H2,1H3. The molecule has 2 rings (SSSR count). The summed E-state index contributed by atoms with van der Waals surface area (Å²) in [5.74, 6) is 6.55. The molecule has 0 bridgehead atoms. The fraction of sp³-hybridized carbons (Fsp3) is 0.286. The van der Waals surface area contributed by atoms with E-state index in [0.717, 1.165) is 17.7 Å². The van der Waals surface area contributed by atoms with Crippen LogP contribution in [0.2, 0.25) is 0 Å². The Labute approximate surface area is 112 Å². The third-order valence-electron chi connectivity index (χ3n) is 2.79. The molecule has 0 fully saturated rings. The van der Waals surface area contributed by atoms with E-state index in [2.05, 4.69) is 28.3 Å². The van der Waals surface area contributed by atoms with Crippen LogP contribution in [0.5, 0.6) is 5.75 Å². The van der Waals surface area contributed by atoms with Crippen molar-refractivity contribution in [1.82, 2.24) is 5.43 Å². The van der Waals surface area contributed by atoms with Gasteiger partial charge in [0.1, 0.15) is 5.75 Å². The fourth-order valence-corrected chi connectivity index (χ4v) is 2.59. The lowest BCUT2D eigenvalue weighted by Gasteiger charge is -2.16. The molecule has 0 aliphatic carbocycles. The zero-order valence-corrected chi connectivity index (χ0v) is 11.2. The summed E-state index contributed by atoms with van der Waals surface area (Å²) in [5, 5.41) is 4.23. The Balaban J connectivity index is 2.13. The monoisotopic (exact) mass is 262 g/mol. The van der Waals surface area contributed by atoms with Crippen LogP contribution in [0.15, 0.2) is 41.1 Å². The number of benzene rings is 1. The Morgan fingerprint density at radius 2 is 2.28 bits per heavy atom. The average molecular weight is 262 g/mol. The second kappa shape index (κ2) is 6.54.